The van der Waals surface area contributed by atoms with Crippen molar-refractivity contribution in [1.29, 1.82) is 0 Å². The van der Waals surface area contributed by atoms with Gasteiger partial charge in [-0.15, -0.1) is 0 Å². The lowest BCUT2D eigenvalue weighted by atomic mass is 9.95. The number of thioether (sulfide) groups is 1. The normalized spacial score (nSPS) is 14.6. The lowest BCUT2D eigenvalue weighted by molar-refractivity contribution is -0.119. The van der Waals surface area contributed by atoms with Crippen LogP contribution in [-0.2, 0) is 4.79 Å². The van der Waals surface area contributed by atoms with E-state index in [9.17, 15) is 4.79 Å². The average Bonchev–Trinajstić information content (AvgIpc) is 2.99. The number of amides is 1. The summed E-state index contributed by atoms with van der Waals surface area (Å²) in [7, 11) is 0. The molecule has 1 N–H and O–H groups in total. The Labute approximate surface area is 174 Å². The summed E-state index contributed by atoms with van der Waals surface area (Å²) >= 11 is 1.43. The van der Waals surface area contributed by atoms with Crippen LogP contribution in [0.2, 0.25) is 0 Å². The standard InChI is InChI=1S/C22H25N3O3S/c1-15(2)21(16-7-8-18-19(12-16)28-11-5-10-27-18)24-20(26)14-29-22-23-13-17-6-3-4-9-25(17)22/h3-4,6-9,12-13,15,21H,5,10-11,14H2,1-2H3,(H,24,26). The predicted octanol–water partition coefficient (Wildman–Crippen LogP) is 4.10. The number of aromatic nitrogens is 2. The van der Waals surface area contributed by atoms with Gasteiger partial charge in [0, 0.05) is 12.6 Å². The molecule has 3 heterocycles. The molecular weight excluding hydrogens is 386 g/mol. The van der Waals surface area contributed by atoms with E-state index in [2.05, 4.69) is 24.1 Å². The molecule has 152 valence electrons. The molecule has 2 aromatic heterocycles. The van der Waals surface area contributed by atoms with Gasteiger partial charge in [-0.1, -0.05) is 37.7 Å². The average molecular weight is 412 g/mol. The zero-order valence-corrected chi connectivity index (χ0v) is 17.4. The van der Waals surface area contributed by atoms with Crippen molar-refractivity contribution in [2.24, 2.45) is 5.92 Å². The number of hydrogen-bond acceptors (Lipinski definition) is 5. The fraction of sp³-hybridized carbons (Fsp3) is 0.364. The molecule has 1 unspecified atom stereocenters. The first-order chi connectivity index (χ1) is 14.1. The zero-order valence-electron chi connectivity index (χ0n) is 16.6. The molecule has 0 fully saturated rings. The number of fused-ring (bicyclic) bond motifs is 2. The second kappa shape index (κ2) is 8.78. The number of benzene rings is 1. The van der Waals surface area contributed by atoms with Crippen molar-refractivity contribution in [1.82, 2.24) is 14.7 Å². The summed E-state index contributed by atoms with van der Waals surface area (Å²) in [6, 6.07) is 11.8. The first-order valence-corrected chi connectivity index (χ1v) is 10.8. The molecule has 1 aliphatic rings. The lowest BCUT2D eigenvalue weighted by Crippen LogP contribution is -2.33. The maximum absolute atomic E-state index is 12.7. The molecule has 1 amide bonds. The van der Waals surface area contributed by atoms with Gasteiger partial charge in [-0.05, 0) is 35.7 Å². The van der Waals surface area contributed by atoms with Gasteiger partial charge in [0.25, 0.3) is 0 Å². The highest BCUT2D eigenvalue weighted by atomic mass is 32.2. The van der Waals surface area contributed by atoms with Crippen molar-refractivity contribution >= 4 is 23.2 Å². The Kier molecular flexibility index (Phi) is 5.94. The smallest absolute Gasteiger partial charge is 0.230 e. The van der Waals surface area contributed by atoms with E-state index in [0.29, 0.717) is 19.0 Å². The molecule has 0 bridgehead atoms. The summed E-state index contributed by atoms with van der Waals surface area (Å²) < 4.78 is 13.5. The highest BCUT2D eigenvalue weighted by molar-refractivity contribution is 7.99. The highest BCUT2D eigenvalue weighted by Crippen LogP contribution is 2.34. The van der Waals surface area contributed by atoms with Gasteiger partial charge in [-0.25, -0.2) is 4.98 Å². The fourth-order valence-electron chi connectivity index (χ4n) is 3.38. The van der Waals surface area contributed by atoms with Gasteiger partial charge in [-0.3, -0.25) is 9.20 Å². The van der Waals surface area contributed by atoms with Crippen LogP contribution in [0.15, 0.2) is 53.9 Å². The number of carbonyl (C=O) groups excluding carboxylic acids is 1. The van der Waals surface area contributed by atoms with Gasteiger partial charge in [-0.2, -0.15) is 0 Å². The van der Waals surface area contributed by atoms with E-state index in [0.717, 1.165) is 34.2 Å². The Balaban J connectivity index is 1.44. The minimum absolute atomic E-state index is 0.0199. The maximum Gasteiger partial charge on any atom is 0.230 e. The first kappa shape index (κ1) is 19.6. The van der Waals surface area contributed by atoms with Crippen molar-refractivity contribution < 1.29 is 14.3 Å². The van der Waals surface area contributed by atoms with Crippen molar-refractivity contribution in [3.8, 4) is 11.5 Å². The maximum atomic E-state index is 12.7. The molecule has 0 saturated carbocycles. The van der Waals surface area contributed by atoms with E-state index in [4.69, 9.17) is 9.47 Å². The van der Waals surface area contributed by atoms with E-state index in [-0.39, 0.29) is 17.9 Å². The lowest BCUT2D eigenvalue weighted by Gasteiger charge is -2.23. The van der Waals surface area contributed by atoms with E-state index in [1.165, 1.54) is 11.8 Å². The van der Waals surface area contributed by atoms with E-state index >= 15 is 0 Å². The van der Waals surface area contributed by atoms with Crippen molar-refractivity contribution in [3.63, 3.8) is 0 Å². The molecule has 0 saturated heterocycles. The Morgan fingerprint density at radius 1 is 1.21 bits per heavy atom. The van der Waals surface area contributed by atoms with Gasteiger partial charge in [0.15, 0.2) is 16.7 Å². The number of ether oxygens (including phenoxy) is 2. The van der Waals surface area contributed by atoms with Crippen LogP contribution in [0.1, 0.15) is 31.9 Å². The summed E-state index contributed by atoms with van der Waals surface area (Å²) in [6.45, 7) is 5.51. The number of nitrogens with one attached hydrogen (secondary N) is 1. The van der Waals surface area contributed by atoms with Gasteiger partial charge in [0.2, 0.25) is 5.91 Å². The van der Waals surface area contributed by atoms with Crippen molar-refractivity contribution in [3.05, 3.63) is 54.4 Å². The van der Waals surface area contributed by atoms with E-state index < -0.39 is 0 Å². The topological polar surface area (TPSA) is 64.9 Å². The number of hydrogen-bond donors (Lipinski definition) is 1. The molecule has 1 aromatic carbocycles. The van der Waals surface area contributed by atoms with Crippen LogP contribution in [0.25, 0.3) is 5.52 Å². The Morgan fingerprint density at radius 2 is 2.03 bits per heavy atom. The summed E-state index contributed by atoms with van der Waals surface area (Å²) in [6.07, 6.45) is 4.64. The van der Waals surface area contributed by atoms with Crippen molar-refractivity contribution in [2.45, 2.75) is 31.5 Å². The number of pyridine rings is 1. The predicted molar refractivity (Wildman–Crippen MR) is 114 cm³/mol. The molecule has 7 heteroatoms. The minimum atomic E-state index is -0.0997. The van der Waals surface area contributed by atoms with Crippen LogP contribution in [0, 0.1) is 5.92 Å². The molecule has 4 rings (SSSR count). The number of imidazole rings is 1. The summed E-state index contributed by atoms with van der Waals surface area (Å²) in [5.41, 5.74) is 2.04. The van der Waals surface area contributed by atoms with E-state index in [1.807, 2.05) is 53.2 Å². The molecule has 0 aliphatic carbocycles. The van der Waals surface area contributed by atoms with Gasteiger partial charge in [0.05, 0.1) is 36.7 Å². The third-order valence-corrected chi connectivity index (χ3v) is 5.82. The molecular formula is C22H25N3O3S. The quantitative estimate of drug-likeness (QED) is 0.619. The molecule has 29 heavy (non-hydrogen) atoms. The molecule has 6 nitrogen and oxygen atoms in total. The molecule has 1 aliphatic heterocycles. The first-order valence-electron chi connectivity index (χ1n) is 9.85. The third kappa shape index (κ3) is 4.50. The number of nitrogens with zero attached hydrogens (tertiary/aromatic N) is 2. The second-order valence-electron chi connectivity index (χ2n) is 7.37. The Morgan fingerprint density at radius 3 is 2.86 bits per heavy atom. The third-order valence-electron chi connectivity index (χ3n) is 4.85. The SMILES string of the molecule is CC(C)C(NC(=O)CSc1ncc2ccccn12)c1ccc2c(c1)OCCCO2. The molecule has 3 aromatic rings. The number of rotatable bonds is 6. The van der Waals surface area contributed by atoms with Crippen LogP contribution in [0.5, 0.6) is 11.5 Å². The fourth-order valence-corrected chi connectivity index (χ4v) is 4.16. The van der Waals surface area contributed by atoms with Gasteiger partial charge < -0.3 is 14.8 Å². The monoisotopic (exact) mass is 411 g/mol. The summed E-state index contributed by atoms with van der Waals surface area (Å²) in [5, 5.41) is 3.98. The Bertz CT molecular complexity index is 1000. The summed E-state index contributed by atoms with van der Waals surface area (Å²) in [5.74, 6) is 2.04. The zero-order chi connectivity index (χ0) is 20.2. The molecule has 0 radical (unpaired) electrons. The van der Waals surface area contributed by atoms with Crippen LogP contribution in [0.3, 0.4) is 0 Å². The molecule has 1 atom stereocenters. The molecule has 0 spiro atoms. The van der Waals surface area contributed by atoms with Crippen LogP contribution < -0.4 is 14.8 Å². The van der Waals surface area contributed by atoms with Gasteiger partial charge >= 0.3 is 0 Å². The van der Waals surface area contributed by atoms with Crippen LogP contribution >= 0.6 is 11.8 Å². The summed E-state index contributed by atoms with van der Waals surface area (Å²) in [4.78, 5) is 17.1. The van der Waals surface area contributed by atoms with Gasteiger partial charge in [0.1, 0.15) is 0 Å². The number of carbonyl (C=O) groups is 1. The highest BCUT2D eigenvalue weighted by Gasteiger charge is 2.21. The minimum Gasteiger partial charge on any atom is -0.490 e. The Hall–Kier alpha value is -2.67. The van der Waals surface area contributed by atoms with Crippen LogP contribution in [-0.4, -0.2) is 34.3 Å². The largest absolute Gasteiger partial charge is 0.490 e. The van der Waals surface area contributed by atoms with Crippen LogP contribution in [0.4, 0.5) is 0 Å². The van der Waals surface area contributed by atoms with Crippen molar-refractivity contribution in [2.75, 3.05) is 19.0 Å². The second-order valence-corrected chi connectivity index (χ2v) is 8.31. The van der Waals surface area contributed by atoms with E-state index in [1.54, 1.807) is 0 Å².